The number of hydrogen-bond acceptors (Lipinski definition) is 4. The van der Waals surface area contributed by atoms with Crippen molar-refractivity contribution in [2.75, 3.05) is 20.2 Å². The Morgan fingerprint density at radius 2 is 2.19 bits per heavy atom. The molecular formula is C20H23ClN2O3. The highest BCUT2D eigenvalue weighted by Crippen LogP contribution is 2.37. The fourth-order valence-corrected chi connectivity index (χ4v) is 3.73. The zero-order valence-electron chi connectivity index (χ0n) is 15.0. The van der Waals surface area contributed by atoms with E-state index in [0.29, 0.717) is 18.0 Å². The first-order chi connectivity index (χ1) is 12.5. The van der Waals surface area contributed by atoms with Crippen LogP contribution in [0.3, 0.4) is 0 Å². The van der Waals surface area contributed by atoms with Gasteiger partial charge in [-0.15, -0.1) is 0 Å². The predicted molar refractivity (Wildman–Crippen MR) is 101 cm³/mol. The molecule has 1 aliphatic rings. The third-order valence-corrected chi connectivity index (χ3v) is 5.10. The lowest BCUT2D eigenvalue weighted by Gasteiger charge is -2.37. The number of hydrogen-bond donors (Lipinski definition) is 1. The summed E-state index contributed by atoms with van der Waals surface area (Å²) in [7, 11) is 1.63. The standard InChI is InChI=1S/C20H23ClN2O3/c1-13-5-7-17(22-11-13)19(16-10-15(21)6-8-18(16)26-2)23-9-3-4-14(12-23)20(24)25/h5-8,10-11,14,19H,3-4,9,12H2,1-2H3,(H,24,25). The molecule has 0 amide bonds. The predicted octanol–water partition coefficient (Wildman–Crippen LogP) is 3.94. The summed E-state index contributed by atoms with van der Waals surface area (Å²) in [6.45, 7) is 3.28. The van der Waals surface area contributed by atoms with E-state index < -0.39 is 5.97 Å². The lowest BCUT2D eigenvalue weighted by Crippen LogP contribution is -2.41. The van der Waals surface area contributed by atoms with Crippen molar-refractivity contribution in [1.82, 2.24) is 9.88 Å². The highest BCUT2D eigenvalue weighted by Gasteiger charge is 2.33. The quantitative estimate of drug-likeness (QED) is 0.858. The molecule has 0 saturated carbocycles. The number of carboxylic acid groups (broad SMARTS) is 1. The van der Waals surface area contributed by atoms with Crippen LogP contribution < -0.4 is 4.74 Å². The van der Waals surface area contributed by atoms with Crippen LogP contribution in [-0.4, -0.2) is 41.2 Å². The minimum atomic E-state index is -0.747. The maximum atomic E-state index is 11.5. The Hall–Kier alpha value is -2.11. The zero-order valence-corrected chi connectivity index (χ0v) is 15.7. The van der Waals surface area contributed by atoms with Gasteiger partial charge in [-0.1, -0.05) is 17.7 Å². The van der Waals surface area contributed by atoms with Crippen LogP contribution in [0.4, 0.5) is 0 Å². The summed E-state index contributed by atoms with van der Waals surface area (Å²) < 4.78 is 5.56. The van der Waals surface area contributed by atoms with Gasteiger partial charge in [-0.25, -0.2) is 0 Å². The van der Waals surface area contributed by atoms with E-state index in [9.17, 15) is 9.90 Å². The van der Waals surface area contributed by atoms with Crippen molar-refractivity contribution in [3.05, 3.63) is 58.4 Å². The zero-order chi connectivity index (χ0) is 18.7. The Labute approximate surface area is 158 Å². The van der Waals surface area contributed by atoms with Crippen LogP contribution >= 0.6 is 11.6 Å². The van der Waals surface area contributed by atoms with Crippen LogP contribution in [0.5, 0.6) is 5.75 Å². The molecule has 0 bridgehead atoms. The van der Waals surface area contributed by atoms with Crippen molar-refractivity contribution in [2.24, 2.45) is 5.92 Å². The fourth-order valence-electron chi connectivity index (χ4n) is 3.55. The molecule has 2 unspecified atom stereocenters. The molecule has 0 radical (unpaired) electrons. The molecule has 0 spiro atoms. The van der Waals surface area contributed by atoms with E-state index in [0.717, 1.165) is 35.5 Å². The van der Waals surface area contributed by atoms with Gasteiger partial charge in [0.25, 0.3) is 0 Å². The molecule has 6 heteroatoms. The number of nitrogens with zero attached hydrogens (tertiary/aromatic N) is 2. The number of rotatable bonds is 5. The number of methoxy groups -OCH3 is 1. The molecule has 5 nitrogen and oxygen atoms in total. The average molecular weight is 375 g/mol. The molecule has 1 aromatic heterocycles. The number of carbonyl (C=O) groups is 1. The normalized spacial score (nSPS) is 19.1. The second kappa shape index (κ2) is 8.06. The molecule has 1 aromatic carbocycles. The van der Waals surface area contributed by atoms with E-state index in [4.69, 9.17) is 16.3 Å². The second-order valence-electron chi connectivity index (χ2n) is 6.72. The van der Waals surface area contributed by atoms with Gasteiger partial charge in [0.05, 0.1) is 24.8 Å². The first-order valence-electron chi connectivity index (χ1n) is 8.72. The number of benzene rings is 1. The highest BCUT2D eigenvalue weighted by atomic mass is 35.5. The van der Waals surface area contributed by atoms with Crippen molar-refractivity contribution in [3.63, 3.8) is 0 Å². The van der Waals surface area contributed by atoms with Crippen LogP contribution in [0.2, 0.25) is 5.02 Å². The number of piperidine rings is 1. The summed E-state index contributed by atoms with van der Waals surface area (Å²) in [4.78, 5) is 18.3. The van der Waals surface area contributed by atoms with Crippen LogP contribution in [-0.2, 0) is 4.79 Å². The van der Waals surface area contributed by atoms with Crippen LogP contribution in [0.1, 0.15) is 35.7 Å². The van der Waals surface area contributed by atoms with E-state index in [1.54, 1.807) is 13.2 Å². The largest absolute Gasteiger partial charge is 0.496 e. The minimum absolute atomic E-state index is 0.202. The number of ether oxygens (including phenoxy) is 1. The van der Waals surface area contributed by atoms with Crippen molar-refractivity contribution < 1.29 is 14.6 Å². The van der Waals surface area contributed by atoms with Crippen molar-refractivity contribution in [1.29, 1.82) is 0 Å². The molecular weight excluding hydrogens is 352 g/mol. The number of aromatic nitrogens is 1. The molecule has 1 aliphatic heterocycles. The molecule has 2 heterocycles. The number of carboxylic acids is 1. The molecule has 2 atom stereocenters. The van der Waals surface area contributed by atoms with Crippen LogP contribution in [0.25, 0.3) is 0 Å². The van der Waals surface area contributed by atoms with Gasteiger partial charge in [0.1, 0.15) is 5.75 Å². The Bertz CT molecular complexity index is 779. The monoisotopic (exact) mass is 374 g/mol. The lowest BCUT2D eigenvalue weighted by atomic mass is 9.93. The highest BCUT2D eigenvalue weighted by molar-refractivity contribution is 6.30. The maximum Gasteiger partial charge on any atom is 0.307 e. The fraction of sp³-hybridized carbons (Fsp3) is 0.400. The van der Waals surface area contributed by atoms with Gasteiger partial charge < -0.3 is 9.84 Å². The first kappa shape index (κ1) is 18.7. The molecule has 3 rings (SSSR count). The second-order valence-corrected chi connectivity index (χ2v) is 7.16. The van der Waals surface area contributed by atoms with Gasteiger partial charge in [-0.3, -0.25) is 14.7 Å². The molecule has 1 N–H and O–H groups in total. The average Bonchev–Trinajstić information content (AvgIpc) is 2.64. The number of aliphatic carboxylic acids is 1. The van der Waals surface area contributed by atoms with Crippen molar-refractivity contribution in [3.8, 4) is 5.75 Å². The first-order valence-corrected chi connectivity index (χ1v) is 9.10. The molecule has 1 saturated heterocycles. The Morgan fingerprint density at radius 3 is 2.85 bits per heavy atom. The van der Waals surface area contributed by atoms with E-state index in [-0.39, 0.29) is 12.0 Å². The Morgan fingerprint density at radius 1 is 1.38 bits per heavy atom. The number of halogens is 1. The van der Waals surface area contributed by atoms with E-state index in [2.05, 4.69) is 9.88 Å². The summed E-state index contributed by atoms with van der Waals surface area (Å²) in [5, 5.41) is 10.1. The molecule has 1 fully saturated rings. The van der Waals surface area contributed by atoms with Gasteiger partial charge >= 0.3 is 5.97 Å². The summed E-state index contributed by atoms with van der Waals surface area (Å²) in [5.74, 6) is -0.399. The maximum absolute atomic E-state index is 11.5. The van der Waals surface area contributed by atoms with Crippen molar-refractivity contribution >= 4 is 17.6 Å². The lowest BCUT2D eigenvalue weighted by molar-refractivity contribution is -0.143. The number of likely N-dealkylation sites (tertiary alicyclic amines) is 1. The minimum Gasteiger partial charge on any atom is -0.496 e. The smallest absolute Gasteiger partial charge is 0.307 e. The van der Waals surface area contributed by atoms with Gasteiger partial charge in [0.15, 0.2) is 0 Å². The molecule has 2 aromatic rings. The third kappa shape index (κ3) is 4.00. The molecule has 0 aliphatic carbocycles. The number of pyridine rings is 1. The van der Waals surface area contributed by atoms with Gasteiger partial charge in [0, 0.05) is 23.3 Å². The van der Waals surface area contributed by atoms with Crippen molar-refractivity contribution in [2.45, 2.75) is 25.8 Å². The van der Waals surface area contributed by atoms with Crippen LogP contribution in [0, 0.1) is 12.8 Å². The number of aryl methyl sites for hydroxylation is 1. The van der Waals surface area contributed by atoms with E-state index in [1.807, 2.05) is 37.4 Å². The summed E-state index contributed by atoms with van der Waals surface area (Å²) in [6, 6.07) is 9.33. The Kier molecular flexibility index (Phi) is 5.79. The topological polar surface area (TPSA) is 62.7 Å². The van der Waals surface area contributed by atoms with E-state index >= 15 is 0 Å². The van der Waals surface area contributed by atoms with Gasteiger partial charge in [0.2, 0.25) is 0 Å². The van der Waals surface area contributed by atoms with Gasteiger partial charge in [-0.05, 0) is 56.1 Å². The molecule has 138 valence electrons. The Balaban J connectivity index is 2.06. The summed E-state index contributed by atoms with van der Waals surface area (Å²) >= 11 is 6.26. The van der Waals surface area contributed by atoms with E-state index in [1.165, 1.54) is 0 Å². The van der Waals surface area contributed by atoms with Crippen LogP contribution in [0.15, 0.2) is 36.5 Å². The SMILES string of the molecule is COc1ccc(Cl)cc1C(c1ccc(C)cn1)N1CCCC(C(=O)O)C1. The summed E-state index contributed by atoms with van der Waals surface area (Å²) in [5.41, 5.74) is 2.84. The third-order valence-electron chi connectivity index (χ3n) is 4.87. The summed E-state index contributed by atoms with van der Waals surface area (Å²) in [6.07, 6.45) is 3.37. The van der Waals surface area contributed by atoms with Gasteiger partial charge in [-0.2, -0.15) is 0 Å². The molecule has 26 heavy (non-hydrogen) atoms.